The molecule has 1 atom stereocenters. The number of fused-ring (bicyclic) bond motifs is 1. The van der Waals surface area contributed by atoms with Gasteiger partial charge in [0.1, 0.15) is 5.29 Å². The largest absolute Gasteiger partial charge is 0.341 e. The first-order valence-corrected chi connectivity index (χ1v) is 16.4. The number of nitrogens with one attached hydrogen (secondary N) is 2. The van der Waals surface area contributed by atoms with Gasteiger partial charge >= 0.3 is 0 Å². The molecule has 1 aliphatic rings. The third-order valence-electron chi connectivity index (χ3n) is 6.45. The molecule has 20 nitrogen and oxygen atoms in total. The average molecular weight is 795 g/mol. The van der Waals surface area contributed by atoms with Crippen LogP contribution < -0.4 is 5.32 Å². The monoisotopic (exact) mass is 794 g/mol. The van der Waals surface area contributed by atoms with Crippen LogP contribution in [0.1, 0.15) is 35.5 Å². The number of terminal acetylenes is 1. The lowest BCUT2D eigenvalue weighted by atomic mass is 9.98. The molecule has 1 saturated heterocycles. The van der Waals surface area contributed by atoms with Crippen LogP contribution in [0.3, 0.4) is 0 Å². The standard InChI is InChI=1S/C19H27N9O.C19H4.HN9O.11H2/c1-25(2)13-17(29)27-6-4-5-14(10-27)11-28-18-15(8-22-28)7-20-19(24-18)23-16-9-21-26(3)12-16;1-3-5-7-9-11-13-15-17-19-18-16-14-12-10-8-6-4-2;1-2-3-4-5-6-7-8-9-10;;;;;;;;;;;/h7-9,12,14H,4-6,10-11,13H2,1-3H3,(H,20,23,24);1H,2H3;1H;11*1H/b;;2-1?,4-3+,6-5+,8-7+;;;;;;;;;;;. The van der Waals surface area contributed by atoms with E-state index in [-0.39, 0.29) is 21.6 Å². The van der Waals surface area contributed by atoms with Crippen molar-refractivity contribution in [2.24, 2.45) is 54.8 Å². The van der Waals surface area contributed by atoms with Crippen molar-refractivity contribution in [2.75, 3.05) is 39.0 Å². The van der Waals surface area contributed by atoms with E-state index in [1.165, 1.54) is 0 Å². The van der Waals surface area contributed by atoms with E-state index in [0.717, 1.165) is 49.2 Å². The van der Waals surface area contributed by atoms with Gasteiger partial charge in [0.05, 0.1) is 30.0 Å². The molecule has 0 bridgehead atoms. The van der Waals surface area contributed by atoms with E-state index in [9.17, 15) is 9.70 Å². The van der Waals surface area contributed by atoms with E-state index in [4.69, 9.17) is 12.0 Å². The maximum Gasteiger partial charge on any atom is 0.236 e. The van der Waals surface area contributed by atoms with Gasteiger partial charge in [-0.3, -0.25) is 9.48 Å². The van der Waals surface area contributed by atoms with Crippen LogP contribution in [0.2, 0.25) is 0 Å². The van der Waals surface area contributed by atoms with Gasteiger partial charge in [-0.1, -0.05) is 5.92 Å². The topological polar surface area (TPSA) is 237 Å². The van der Waals surface area contributed by atoms with Gasteiger partial charge < -0.3 is 15.1 Å². The predicted molar refractivity (Wildman–Crippen MR) is 235 cm³/mol. The van der Waals surface area contributed by atoms with Gasteiger partial charge in [-0.05, 0) is 155 Å². The molecule has 1 amide bonds. The van der Waals surface area contributed by atoms with Crippen LogP contribution in [-0.4, -0.2) is 79.0 Å². The Morgan fingerprint density at radius 1 is 0.897 bits per heavy atom. The zero-order chi connectivity index (χ0) is 42.1. The molecule has 0 saturated carbocycles. The Hall–Kier alpha value is -8.97. The minimum Gasteiger partial charge on any atom is -0.341 e. The Morgan fingerprint density at radius 2 is 1.50 bits per heavy atom. The number of hydrogen-bond acceptors (Lipinski definition) is 9. The van der Waals surface area contributed by atoms with E-state index >= 15 is 0 Å². The highest BCUT2D eigenvalue weighted by molar-refractivity contribution is 5.78. The number of anilines is 2. The predicted octanol–water partition coefficient (Wildman–Crippen LogP) is 6.28. The van der Waals surface area contributed by atoms with Gasteiger partial charge in [-0.25, -0.2) is 9.67 Å². The zero-order valence-corrected chi connectivity index (χ0v) is 31.7. The van der Waals surface area contributed by atoms with Crippen molar-refractivity contribution >= 4 is 28.6 Å². The Labute approximate surface area is 350 Å². The number of likely N-dealkylation sites (N-methyl/N-ethyl adjacent to an activating group) is 1. The summed E-state index contributed by atoms with van der Waals surface area (Å²) in [5.41, 5.74) is 7.69. The Bertz CT molecular complexity index is 2580. The van der Waals surface area contributed by atoms with Crippen molar-refractivity contribution in [3.63, 3.8) is 0 Å². The molecule has 4 heterocycles. The van der Waals surface area contributed by atoms with Crippen molar-refractivity contribution in [1.29, 1.82) is 5.53 Å². The first-order chi connectivity index (χ1) is 28.3. The molecular weight excluding hydrogens is 741 g/mol. The second-order valence-electron chi connectivity index (χ2n) is 10.9. The molecule has 4 rings (SSSR count). The van der Waals surface area contributed by atoms with Crippen molar-refractivity contribution < 1.29 is 20.5 Å². The summed E-state index contributed by atoms with van der Waals surface area (Å²) in [5, 5.41) is 33.5. The maximum atomic E-state index is 12.4. The lowest BCUT2D eigenvalue weighted by molar-refractivity contribution is -0.133. The van der Waals surface area contributed by atoms with Crippen LogP contribution in [0.5, 0.6) is 0 Å². The van der Waals surface area contributed by atoms with Crippen molar-refractivity contribution in [3.8, 4) is 107 Å². The lowest BCUT2D eigenvalue weighted by Crippen LogP contribution is -2.44. The third-order valence-corrected chi connectivity index (χ3v) is 6.45. The molecule has 2 N–H and O–H groups in total. The summed E-state index contributed by atoms with van der Waals surface area (Å²) < 4.78 is 3.65. The van der Waals surface area contributed by atoms with Gasteiger partial charge in [-0.2, -0.15) is 20.7 Å². The van der Waals surface area contributed by atoms with E-state index < -0.39 is 0 Å². The first kappa shape index (κ1) is 45.2. The minimum absolute atomic E-state index is 0. The number of aromatic nitrogens is 6. The van der Waals surface area contributed by atoms with Gasteiger partial charge in [0.15, 0.2) is 5.65 Å². The fourth-order valence-electron chi connectivity index (χ4n) is 4.34. The molecule has 20 heteroatoms. The van der Waals surface area contributed by atoms with Gasteiger partial charge in [0, 0.05) is 70.4 Å². The summed E-state index contributed by atoms with van der Waals surface area (Å²) >= 11 is 0. The lowest BCUT2D eigenvalue weighted by Gasteiger charge is -2.33. The number of amides is 1. The Kier molecular flexibility index (Phi) is 22.2. The maximum absolute atomic E-state index is 12.4. The molecule has 3 aromatic heterocycles. The smallest absolute Gasteiger partial charge is 0.236 e. The van der Waals surface area contributed by atoms with Crippen LogP contribution in [0.4, 0.5) is 11.6 Å². The molecule has 1 fully saturated rings. The number of aryl methyl sites for hydroxylation is 1. The molecule has 58 heavy (non-hydrogen) atoms. The fourth-order valence-corrected chi connectivity index (χ4v) is 4.34. The summed E-state index contributed by atoms with van der Waals surface area (Å²) in [5.74, 6) is 43.0. The van der Waals surface area contributed by atoms with Gasteiger partial charge in [0.2, 0.25) is 11.9 Å². The van der Waals surface area contributed by atoms with Crippen LogP contribution in [0, 0.1) is 123 Å². The van der Waals surface area contributed by atoms with E-state index in [1.54, 1.807) is 30.2 Å². The molecule has 308 valence electrons. The van der Waals surface area contributed by atoms with Crippen LogP contribution in [0.25, 0.3) is 11.0 Å². The molecule has 0 aromatic carbocycles. The van der Waals surface area contributed by atoms with Crippen LogP contribution in [0.15, 0.2) is 66.6 Å². The van der Waals surface area contributed by atoms with Crippen LogP contribution in [-0.2, 0) is 18.4 Å². The summed E-state index contributed by atoms with van der Waals surface area (Å²) in [6.45, 7) is 4.49. The number of piperidine rings is 1. The highest BCUT2D eigenvalue weighted by Crippen LogP contribution is 2.21. The van der Waals surface area contributed by atoms with Crippen molar-refractivity contribution in [3.05, 3.63) is 29.7 Å². The van der Waals surface area contributed by atoms with E-state index in [1.807, 2.05) is 47.1 Å². The highest BCUT2D eigenvalue weighted by Gasteiger charge is 2.25. The number of carbonyl (C=O) groups excluding carboxylic acids is 1. The molecule has 0 spiro atoms. The molecule has 0 radical (unpaired) electrons. The average Bonchev–Trinajstić information content (AvgIpc) is 3.82. The molecular formula is C38H54N18O2. The molecule has 1 aliphatic heterocycles. The Balaban J connectivity index is -0.0000000968. The number of carbonyl (C=O) groups is 1. The number of nitrogens with zero attached hydrogens (tertiary/aromatic N) is 16. The SMILES string of the molecule is C#CC#CC#CC#CC#CC#CC#CC#CC#CC.CN(C)CC(=O)N1CCCC(Cn2ncc3cnc(Nc4cnn(C)c4)nc32)C1.N=N/N=N/N=N/N=N/N=O.[HH].[HH].[HH].[HH].[HH].[HH].[HH].[HH].[HH].[HH].[HH]. The summed E-state index contributed by atoms with van der Waals surface area (Å²) in [6.07, 6.45) is 14.2. The molecule has 0 aliphatic carbocycles. The zero-order valence-electron chi connectivity index (χ0n) is 31.7. The van der Waals surface area contributed by atoms with E-state index in [2.05, 4.69) is 163 Å². The fraction of sp³-hybridized carbons (Fsp3) is 0.289. The second-order valence-corrected chi connectivity index (χ2v) is 10.9. The summed E-state index contributed by atoms with van der Waals surface area (Å²) in [4.78, 5) is 34.5. The van der Waals surface area contributed by atoms with Gasteiger partial charge in [0.25, 0.3) is 0 Å². The second kappa shape index (κ2) is 28.5. The highest BCUT2D eigenvalue weighted by atomic mass is 16.3. The van der Waals surface area contributed by atoms with Crippen molar-refractivity contribution in [1.82, 2.24) is 39.3 Å². The van der Waals surface area contributed by atoms with Gasteiger partial charge in [-0.15, -0.1) is 11.3 Å². The number of likely N-dealkylation sites (tertiary alicyclic amines) is 1. The minimum atomic E-state index is 0. The number of rotatable bonds is 10. The van der Waals surface area contributed by atoms with E-state index in [0.29, 0.717) is 18.4 Å². The normalized spacial score (nSPS) is 11.9. The Morgan fingerprint density at radius 3 is 2.05 bits per heavy atom. The third kappa shape index (κ3) is 19.8. The summed E-state index contributed by atoms with van der Waals surface area (Å²) in [6, 6.07) is 0. The number of nitroso groups, excluding NO2 is 1. The summed E-state index contributed by atoms with van der Waals surface area (Å²) in [7, 11) is 5.71. The first-order valence-electron chi connectivity index (χ1n) is 16.4. The molecule has 1 unspecified atom stereocenters. The number of hydrogen-bond donors (Lipinski definition) is 2. The quantitative estimate of drug-likeness (QED) is 0.102. The molecule has 3 aromatic rings. The van der Waals surface area contributed by atoms with Crippen LogP contribution >= 0.6 is 0 Å². The van der Waals surface area contributed by atoms with Crippen molar-refractivity contribution in [2.45, 2.75) is 26.3 Å².